The summed E-state index contributed by atoms with van der Waals surface area (Å²) in [7, 11) is 0. The monoisotopic (exact) mass is 628 g/mol. The van der Waals surface area contributed by atoms with E-state index < -0.39 is 0 Å². The predicted molar refractivity (Wildman–Crippen MR) is 202 cm³/mol. The van der Waals surface area contributed by atoms with E-state index >= 15 is 0 Å². The van der Waals surface area contributed by atoms with E-state index in [0.717, 1.165) is 82.8 Å². The number of benzene rings is 8. The average molecular weight is 629 g/mol. The van der Waals surface area contributed by atoms with Crippen LogP contribution in [0.3, 0.4) is 0 Å². The molecule has 4 nitrogen and oxygen atoms in total. The van der Waals surface area contributed by atoms with Crippen molar-refractivity contribution < 1.29 is 8.83 Å². The first-order valence-electron chi connectivity index (χ1n) is 16.5. The zero-order valence-electron chi connectivity index (χ0n) is 26.4. The molecule has 0 aliphatic rings. The number of oxazole rings is 1. The number of nitrogens with zero attached hydrogens (tertiary/aromatic N) is 2. The first-order valence-corrected chi connectivity index (χ1v) is 16.5. The molecule has 0 aliphatic heterocycles. The molecule has 0 saturated heterocycles. The number of fused-ring (bicyclic) bond motifs is 8. The van der Waals surface area contributed by atoms with E-state index in [9.17, 15) is 0 Å². The Labute approximate surface area is 282 Å². The second kappa shape index (κ2) is 11.0. The van der Waals surface area contributed by atoms with Crippen LogP contribution in [0.2, 0.25) is 0 Å². The van der Waals surface area contributed by atoms with E-state index in [1.54, 1.807) is 0 Å². The van der Waals surface area contributed by atoms with Gasteiger partial charge in [0.15, 0.2) is 5.58 Å². The molecule has 0 atom stereocenters. The highest BCUT2D eigenvalue weighted by Gasteiger charge is 2.18. The van der Waals surface area contributed by atoms with Crippen LogP contribution in [0.15, 0.2) is 179 Å². The number of aromatic nitrogens is 1. The molecular weight excluding hydrogens is 601 g/mol. The average Bonchev–Trinajstić information content (AvgIpc) is 3.78. The third-order valence-electron chi connectivity index (χ3n) is 9.46. The third-order valence-corrected chi connectivity index (χ3v) is 9.46. The summed E-state index contributed by atoms with van der Waals surface area (Å²) in [6, 6.07) is 59.3. The van der Waals surface area contributed by atoms with E-state index in [2.05, 4.69) is 132 Å². The quantitative estimate of drug-likeness (QED) is 0.178. The molecule has 0 saturated carbocycles. The van der Waals surface area contributed by atoms with Crippen LogP contribution in [0.25, 0.3) is 77.2 Å². The Bertz CT molecular complexity index is 2830. The van der Waals surface area contributed by atoms with Crippen LogP contribution in [0.1, 0.15) is 0 Å². The lowest BCUT2D eigenvalue weighted by molar-refractivity contribution is 0.623. The van der Waals surface area contributed by atoms with Gasteiger partial charge in [-0.25, -0.2) is 4.98 Å². The van der Waals surface area contributed by atoms with Gasteiger partial charge < -0.3 is 13.7 Å². The fourth-order valence-electron chi connectivity index (χ4n) is 7.11. The summed E-state index contributed by atoms with van der Waals surface area (Å²) < 4.78 is 12.6. The highest BCUT2D eigenvalue weighted by Crippen LogP contribution is 2.42. The molecule has 0 N–H and O–H groups in total. The van der Waals surface area contributed by atoms with Crippen molar-refractivity contribution in [1.82, 2.24) is 4.98 Å². The fourth-order valence-corrected chi connectivity index (χ4v) is 7.11. The lowest BCUT2D eigenvalue weighted by atomic mass is 9.99. The SMILES string of the molecule is c1ccc(-c2cccc(N(c3ccc4ccc5c(ccc6nc(-c7ccccc7)oc65)c4c3)c3ccc4oc5ccccc5c4c3)c2)cc1. The zero-order valence-corrected chi connectivity index (χ0v) is 26.4. The Balaban J connectivity index is 1.19. The van der Waals surface area contributed by atoms with Crippen molar-refractivity contribution in [3.63, 3.8) is 0 Å². The molecule has 10 rings (SSSR count). The fraction of sp³-hybridized carbons (Fsp3) is 0. The molecule has 0 aliphatic carbocycles. The summed E-state index contributed by atoms with van der Waals surface area (Å²) >= 11 is 0. The zero-order chi connectivity index (χ0) is 32.3. The van der Waals surface area contributed by atoms with Crippen molar-refractivity contribution >= 4 is 71.6 Å². The minimum absolute atomic E-state index is 0.628. The molecule has 0 bridgehead atoms. The summed E-state index contributed by atoms with van der Waals surface area (Å²) in [6.45, 7) is 0. The van der Waals surface area contributed by atoms with Gasteiger partial charge in [0.25, 0.3) is 0 Å². The molecule has 230 valence electrons. The molecule has 8 aromatic carbocycles. The number of furan rings is 1. The van der Waals surface area contributed by atoms with Gasteiger partial charge in [-0.2, -0.15) is 0 Å². The number of rotatable bonds is 5. The van der Waals surface area contributed by atoms with Crippen molar-refractivity contribution in [3.05, 3.63) is 170 Å². The lowest BCUT2D eigenvalue weighted by Crippen LogP contribution is -2.10. The molecule has 0 fully saturated rings. The van der Waals surface area contributed by atoms with Gasteiger partial charge in [0.2, 0.25) is 5.89 Å². The van der Waals surface area contributed by atoms with Gasteiger partial charge in [-0.1, -0.05) is 97.1 Å². The minimum Gasteiger partial charge on any atom is -0.456 e. The van der Waals surface area contributed by atoms with E-state index in [1.807, 2.05) is 42.5 Å². The predicted octanol–water partition coefficient (Wildman–Crippen LogP) is 12.8. The van der Waals surface area contributed by atoms with Crippen molar-refractivity contribution in [2.75, 3.05) is 4.90 Å². The van der Waals surface area contributed by atoms with Crippen molar-refractivity contribution in [1.29, 1.82) is 0 Å². The van der Waals surface area contributed by atoms with Crippen LogP contribution in [-0.4, -0.2) is 4.98 Å². The Morgan fingerprint density at radius 1 is 0.388 bits per heavy atom. The van der Waals surface area contributed by atoms with Gasteiger partial charge in [0.05, 0.1) is 0 Å². The molecule has 0 unspecified atom stereocenters. The van der Waals surface area contributed by atoms with Crippen LogP contribution >= 0.6 is 0 Å². The van der Waals surface area contributed by atoms with Gasteiger partial charge in [-0.05, 0) is 100 Å². The van der Waals surface area contributed by atoms with Crippen molar-refractivity contribution in [2.24, 2.45) is 0 Å². The molecule has 10 aromatic rings. The summed E-state index contributed by atoms with van der Waals surface area (Å²) in [5, 5.41) is 6.66. The Kier molecular flexibility index (Phi) is 6.15. The van der Waals surface area contributed by atoms with Crippen LogP contribution in [0.4, 0.5) is 17.1 Å². The number of hydrogen-bond acceptors (Lipinski definition) is 4. The van der Waals surface area contributed by atoms with E-state index in [-0.39, 0.29) is 0 Å². The number of anilines is 3. The summed E-state index contributed by atoms with van der Waals surface area (Å²) in [5.41, 5.74) is 9.88. The number of para-hydroxylation sites is 1. The molecule has 2 heterocycles. The molecule has 0 spiro atoms. The van der Waals surface area contributed by atoms with Crippen LogP contribution in [-0.2, 0) is 0 Å². The molecular formula is C45H28N2O2. The van der Waals surface area contributed by atoms with Crippen molar-refractivity contribution in [3.8, 4) is 22.6 Å². The van der Waals surface area contributed by atoms with Crippen LogP contribution in [0, 0.1) is 0 Å². The first kappa shape index (κ1) is 27.5. The van der Waals surface area contributed by atoms with E-state index in [1.165, 1.54) is 5.56 Å². The van der Waals surface area contributed by atoms with Gasteiger partial charge in [0, 0.05) is 38.8 Å². The first-order chi connectivity index (χ1) is 24.3. The Hall–Kier alpha value is -6.65. The maximum absolute atomic E-state index is 6.43. The van der Waals surface area contributed by atoms with Crippen molar-refractivity contribution in [2.45, 2.75) is 0 Å². The van der Waals surface area contributed by atoms with Gasteiger partial charge in [-0.15, -0.1) is 0 Å². The third kappa shape index (κ3) is 4.57. The maximum atomic E-state index is 6.43. The maximum Gasteiger partial charge on any atom is 0.227 e. The highest BCUT2D eigenvalue weighted by atomic mass is 16.3. The Morgan fingerprint density at radius 3 is 1.90 bits per heavy atom. The molecule has 0 amide bonds. The lowest BCUT2D eigenvalue weighted by Gasteiger charge is -2.26. The van der Waals surface area contributed by atoms with Gasteiger partial charge in [-0.3, -0.25) is 0 Å². The molecule has 0 radical (unpaired) electrons. The second-order valence-corrected chi connectivity index (χ2v) is 12.4. The summed E-state index contributed by atoms with van der Waals surface area (Å²) in [4.78, 5) is 7.17. The molecule has 4 heteroatoms. The topological polar surface area (TPSA) is 42.4 Å². The summed E-state index contributed by atoms with van der Waals surface area (Å²) in [6.07, 6.45) is 0. The Morgan fingerprint density at radius 2 is 1.04 bits per heavy atom. The largest absolute Gasteiger partial charge is 0.456 e. The second-order valence-electron chi connectivity index (χ2n) is 12.4. The molecule has 2 aromatic heterocycles. The normalized spacial score (nSPS) is 11.7. The highest BCUT2D eigenvalue weighted by molar-refractivity contribution is 6.16. The standard InChI is InChI=1S/C45H28N2O2/c1-3-10-29(11-4-1)32-14-9-15-33(26-32)47(35-21-25-43-40(28-35)37-16-7-8-17-42(37)48-43)34-20-18-30-19-22-38-36(39(30)27-34)23-24-41-44(38)49-45(46-41)31-12-5-2-6-13-31/h1-28H. The van der Waals surface area contributed by atoms with Crippen LogP contribution < -0.4 is 4.90 Å². The number of hydrogen-bond donors (Lipinski definition) is 0. The van der Waals surface area contributed by atoms with E-state index in [4.69, 9.17) is 13.8 Å². The summed E-state index contributed by atoms with van der Waals surface area (Å²) in [5.74, 6) is 0.628. The van der Waals surface area contributed by atoms with Gasteiger partial charge in [0.1, 0.15) is 16.7 Å². The van der Waals surface area contributed by atoms with Crippen LogP contribution in [0.5, 0.6) is 0 Å². The molecule has 49 heavy (non-hydrogen) atoms. The van der Waals surface area contributed by atoms with E-state index in [0.29, 0.717) is 5.89 Å². The minimum atomic E-state index is 0.628. The van der Waals surface area contributed by atoms with Gasteiger partial charge >= 0.3 is 0 Å². The smallest absolute Gasteiger partial charge is 0.227 e.